The zero-order chi connectivity index (χ0) is 17.3. The molecule has 0 aliphatic heterocycles. The van der Waals surface area contributed by atoms with Crippen molar-refractivity contribution in [1.29, 1.82) is 0 Å². The van der Waals surface area contributed by atoms with Crippen LogP contribution in [0.5, 0.6) is 11.5 Å². The van der Waals surface area contributed by atoms with Gasteiger partial charge in [0.2, 0.25) is 0 Å². The van der Waals surface area contributed by atoms with E-state index in [1.807, 2.05) is 0 Å². The van der Waals surface area contributed by atoms with Crippen molar-refractivity contribution in [2.24, 2.45) is 0 Å². The summed E-state index contributed by atoms with van der Waals surface area (Å²) in [5, 5.41) is 0.544. The van der Waals surface area contributed by atoms with Crippen LogP contribution in [0.25, 0.3) is 10.9 Å². The van der Waals surface area contributed by atoms with Gasteiger partial charge in [-0.2, -0.15) is 0 Å². The molecule has 0 aliphatic carbocycles. The number of methoxy groups -OCH3 is 2. The van der Waals surface area contributed by atoms with Crippen LogP contribution in [0.2, 0.25) is 0 Å². The molecule has 1 aromatic heterocycles. The summed E-state index contributed by atoms with van der Waals surface area (Å²) in [5.41, 5.74) is 0.678. The third kappa shape index (κ3) is 2.52. The smallest absolute Gasteiger partial charge is 0.268 e. The van der Waals surface area contributed by atoms with E-state index >= 15 is 0 Å². The van der Waals surface area contributed by atoms with Crippen LogP contribution in [0.3, 0.4) is 0 Å². The Labute approximate surface area is 139 Å². The monoisotopic (exact) mass is 345 g/mol. The van der Waals surface area contributed by atoms with Crippen molar-refractivity contribution in [3.8, 4) is 11.5 Å². The standard InChI is InChI=1S/C17H15NO5S/c1-22-13-3-6-15(7-4-13)24(20,21)18-10-12(11-19)16-8-5-14(23-2)9-17(16)18/h3-11H,1-2H3. The van der Waals surface area contributed by atoms with Crippen LogP contribution in [0, 0.1) is 0 Å². The average Bonchev–Trinajstić information content (AvgIpc) is 3.00. The summed E-state index contributed by atoms with van der Waals surface area (Å²) in [7, 11) is -0.859. The van der Waals surface area contributed by atoms with E-state index in [-0.39, 0.29) is 4.90 Å². The predicted octanol–water partition coefficient (Wildman–Crippen LogP) is 2.71. The van der Waals surface area contributed by atoms with Gasteiger partial charge < -0.3 is 9.47 Å². The average molecular weight is 345 g/mol. The second kappa shape index (κ2) is 6.01. The maximum absolute atomic E-state index is 12.9. The summed E-state index contributed by atoms with van der Waals surface area (Å²) in [6, 6.07) is 11.0. The molecular formula is C17H15NO5S. The molecule has 3 aromatic rings. The minimum absolute atomic E-state index is 0.0977. The molecule has 0 bridgehead atoms. The number of ether oxygens (including phenoxy) is 2. The van der Waals surface area contributed by atoms with Crippen molar-refractivity contribution >= 4 is 27.2 Å². The zero-order valence-electron chi connectivity index (χ0n) is 13.1. The number of carbonyl (C=O) groups excluding carboxylic acids is 1. The van der Waals surface area contributed by atoms with Crippen LogP contribution in [0.1, 0.15) is 10.4 Å². The van der Waals surface area contributed by atoms with E-state index < -0.39 is 10.0 Å². The van der Waals surface area contributed by atoms with E-state index in [4.69, 9.17) is 9.47 Å². The third-order valence-corrected chi connectivity index (χ3v) is 5.44. The highest BCUT2D eigenvalue weighted by Gasteiger charge is 2.21. The van der Waals surface area contributed by atoms with E-state index in [2.05, 4.69) is 0 Å². The quantitative estimate of drug-likeness (QED) is 0.665. The first-order valence-electron chi connectivity index (χ1n) is 7.05. The van der Waals surface area contributed by atoms with Gasteiger partial charge in [-0.1, -0.05) is 0 Å². The van der Waals surface area contributed by atoms with Crippen molar-refractivity contribution in [2.75, 3.05) is 14.2 Å². The molecule has 0 N–H and O–H groups in total. The van der Waals surface area contributed by atoms with E-state index in [0.29, 0.717) is 34.3 Å². The van der Waals surface area contributed by atoms with Gasteiger partial charge in [0, 0.05) is 23.2 Å². The summed E-state index contributed by atoms with van der Waals surface area (Å²) in [5.74, 6) is 1.06. The maximum Gasteiger partial charge on any atom is 0.268 e. The maximum atomic E-state index is 12.9. The van der Waals surface area contributed by atoms with Gasteiger partial charge in [0.25, 0.3) is 10.0 Å². The molecule has 0 radical (unpaired) electrons. The second-order valence-corrected chi connectivity index (χ2v) is 6.88. The lowest BCUT2D eigenvalue weighted by Gasteiger charge is -2.09. The fourth-order valence-electron chi connectivity index (χ4n) is 2.48. The molecule has 0 saturated heterocycles. The Morgan fingerprint density at radius 2 is 1.58 bits per heavy atom. The Hall–Kier alpha value is -2.80. The molecule has 2 aromatic carbocycles. The molecule has 124 valence electrons. The Bertz CT molecular complexity index is 1000. The van der Waals surface area contributed by atoms with Crippen LogP contribution in [0.15, 0.2) is 53.6 Å². The van der Waals surface area contributed by atoms with Crippen LogP contribution in [0.4, 0.5) is 0 Å². The molecule has 0 fully saturated rings. The summed E-state index contributed by atoms with van der Waals surface area (Å²) in [6.45, 7) is 0. The molecule has 0 atom stereocenters. The van der Waals surface area contributed by atoms with Gasteiger partial charge in [0.05, 0.1) is 24.6 Å². The molecule has 3 rings (SSSR count). The van der Waals surface area contributed by atoms with E-state index in [9.17, 15) is 13.2 Å². The van der Waals surface area contributed by atoms with Crippen LogP contribution < -0.4 is 9.47 Å². The highest BCUT2D eigenvalue weighted by Crippen LogP contribution is 2.29. The zero-order valence-corrected chi connectivity index (χ0v) is 13.9. The lowest BCUT2D eigenvalue weighted by atomic mass is 10.2. The first kappa shape index (κ1) is 16.1. The van der Waals surface area contributed by atoms with Gasteiger partial charge >= 0.3 is 0 Å². The number of benzene rings is 2. The highest BCUT2D eigenvalue weighted by molar-refractivity contribution is 7.90. The molecule has 0 aliphatic rings. The third-order valence-electron chi connectivity index (χ3n) is 3.75. The van der Waals surface area contributed by atoms with Crippen LogP contribution in [-0.2, 0) is 10.0 Å². The summed E-state index contributed by atoms with van der Waals surface area (Å²) < 4.78 is 37.2. The molecule has 0 spiro atoms. The molecule has 6 nitrogen and oxygen atoms in total. The van der Waals surface area contributed by atoms with Crippen molar-refractivity contribution in [3.63, 3.8) is 0 Å². The molecule has 7 heteroatoms. The second-order valence-electron chi connectivity index (χ2n) is 5.06. The normalized spacial score (nSPS) is 11.4. The number of aromatic nitrogens is 1. The predicted molar refractivity (Wildman–Crippen MR) is 89.5 cm³/mol. The molecule has 0 saturated carbocycles. The number of hydrogen-bond donors (Lipinski definition) is 0. The Balaban J connectivity index is 2.24. The largest absolute Gasteiger partial charge is 0.497 e. The lowest BCUT2D eigenvalue weighted by Crippen LogP contribution is -2.11. The number of fused-ring (bicyclic) bond motifs is 1. The van der Waals surface area contributed by atoms with Gasteiger partial charge in [-0.15, -0.1) is 0 Å². The highest BCUT2D eigenvalue weighted by atomic mass is 32.2. The lowest BCUT2D eigenvalue weighted by molar-refractivity contribution is 0.112. The number of aldehydes is 1. The van der Waals surface area contributed by atoms with Gasteiger partial charge in [0.15, 0.2) is 6.29 Å². The van der Waals surface area contributed by atoms with Crippen LogP contribution in [-0.4, -0.2) is 32.9 Å². The topological polar surface area (TPSA) is 74.6 Å². The first-order chi connectivity index (χ1) is 11.5. The summed E-state index contributed by atoms with van der Waals surface area (Å²) in [6.07, 6.45) is 1.95. The Kier molecular flexibility index (Phi) is 4.02. The van der Waals surface area contributed by atoms with E-state index in [1.165, 1.54) is 32.5 Å². The van der Waals surface area contributed by atoms with Crippen LogP contribution >= 0.6 is 0 Å². The van der Waals surface area contributed by atoms with Gasteiger partial charge in [0.1, 0.15) is 11.5 Å². The fraction of sp³-hybridized carbons (Fsp3) is 0.118. The van der Waals surface area contributed by atoms with E-state index in [1.54, 1.807) is 30.3 Å². The first-order valence-corrected chi connectivity index (χ1v) is 8.49. The Morgan fingerprint density at radius 1 is 0.958 bits per heavy atom. The van der Waals surface area contributed by atoms with Gasteiger partial charge in [-0.05, 0) is 36.4 Å². The number of nitrogens with zero attached hydrogens (tertiary/aromatic N) is 1. The number of rotatable bonds is 5. The molecule has 0 unspecified atom stereocenters. The number of carbonyl (C=O) groups is 1. The molecule has 0 amide bonds. The molecular weight excluding hydrogens is 330 g/mol. The van der Waals surface area contributed by atoms with Gasteiger partial charge in [-0.25, -0.2) is 12.4 Å². The summed E-state index contributed by atoms with van der Waals surface area (Å²) in [4.78, 5) is 11.4. The van der Waals surface area contributed by atoms with Crippen molar-refractivity contribution in [1.82, 2.24) is 3.97 Å². The minimum Gasteiger partial charge on any atom is -0.497 e. The van der Waals surface area contributed by atoms with Gasteiger partial charge in [-0.3, -0.25) is 4.79 Å². The molecule has 24 heavy (non-hydrogen) atoms. The number of hydrogen-bond acceptors (Lipinski definition) is 5. The summed E-state index contributed by atoms with van der Waals surface area (Å²) >= 11 is 0. The van der Waals surface area contributed by atoms with Crippen molar-refractivity contribution in [3.05, 3.63) is 54.2 Å². The molecule has 1 heterocycles. The fourth-order valence-corrected chi connectivity index (χ4v) is 3.85. The van der Waals surface area contributed by atoms with Crippen molar-refractivity contribution < 1.29 is 22.7 Å². The Morgan fingerprint density at radius 3 is 2.17 bits per heavy atom. The van der Waals surface area contributed by atoms with Crippen molar-refractivity contribution in [2.45, 2.75) is 4.90 Å². The van der Waals surface area contributed by atoms with E-state index in [0.717, 1.165) is 3.97 Å². The SMILES string of the molecule is COc1ccc(S(=O)(=O)n2cc(C=O)c3ccc(OC)cc32)cc1. The minimum atomic E-state index is -3.86.